The minimum absolute atomic E-state index is 0.159. The van der Waals surface area contributed by atoms with Gasteiger partial charge in [0.1, 0.15) is 17.1 Å². The van der Waals surface area contributed by atoms with E-state index < -0.39 is 11.6 Å². The molecule has 0 bridgehead atoms. The lowest BCUT2D eigenvalue weighted by atomic mass is 9.92. The Kier molecular flexibility index (Phi) is 7.12. The first-order valence-electron chi connectivity index (χ1n) is 10.1. The van der Waals surface area contributed by atoms with E-state index >= 15 is 0 Å². The molecule has 0 radical (unpaired) electrons. The Balaban J connectivity index is 1.76. The number of nitrogens with one attached hydrogen (secondary N) is 2. The molecule has 8 heteroatoms. The number of anilines is 1. The van der Waals surface area contributed by atoms with Gasteiger partial charge in [0.05, 0.1) is 12.3 Å². The predicted molar refractivity (Wildman–Crippen MR) is 125 cm³/mol. The molecule has 2 aromatic carbocycles. The molecule has 1 heterocycles. The van der Waals surface area contributed by atoms with Crippen LogP contribution in [0.3, 0.4) is 0 Å². The summed E-state index contributed by atoms with van der Waals surface area (Å²) in [4.78, 5) is 11.6. The van der Waals surface area contributed by atoms with Gasteiger partial charge in [0.15, 0.2) is 11.7 Å². The van der Waals surface area contributed by atoms with Gasteiger partial charge in [0.25, 0.3) is 0 Å². The number of aryl methyl sites for hydroxylation is 1. The van der Waals surface area contributed by atoms with Crippen molar-refractivity contribution in [2.75, 3.05) is 18.5 Å². The highest BCUT2D eigenvalue weighted by Crippen LogP contribution is 2.35. The quantitative estimate of drug-likeness (QED) is 0.395. The predicted octanol–water partition coefficient (Wildman–Crippen LogP) is 4.19. The van der Waals surface area contributed by atoms with Gasteiger partial charge in [0, 0.05) is 17.7 Å². The minimum atomic E-state index is -0.424. The second-order valence-corrected chi connectivity index (χ2v) is 8.19. The van der Waals surface area contributed by atoms with Gasteiger partial charge in [-0.1, -0.05) is 12.1 Å². The first kappa shape index (κ1) is 22.6. The van der Waals surface area contributed by atoms with E-state index in [0.29, 0.717) is 29.6 Å². The van der Waals surface area contributed by atoms with E-state index in [1.54, 1.807) is 19.1 Å². The summed E-state index contributed by atoms with van der Waals surface area (Å²) >= 11 is 5.39. The van der Waals surface area contributed by atoms with Gasteiger partial charge in [-0.3, -0.25) is 5.43 Å². The Bertz CT molecular complexity index is 1000. The molecule has 1 aliphatic heterocycles. The largest absolute Gasteiger partial charge is 0.487 e. The van der Waals surface area contributed by atoms with Gasteiger partial charge in [-0.2, -0.15) is 5.10 Å². The normalized spacial score (nSPS) is 15.4. The monoisotopic (exact) mass is 441 g/mol. The van der Waals surface area contributed by atoms with Gasteiger partial charge in [-0.05, 0) is 75.8 Å². The fourth-order valence-electron chi connectivity index (χ4n) is 3.19. The highest BCUT2D eigenvalue weighted by molar-refractivity contribution is 7.80. The summed E-state index contributed by atoms with van der Waals surface area (Å²) in [6.45, 7) is 7.93. The summed E-state index contributed by atoms with van der Waals surface area (Å²) in [6.07, 6.45) is 0.571. The zero-order valence-electron chi connectivity index (χ0n) is 18.2. The SMILES string of the molecule is CCOC(=O)COc1ccc2c(c1)/C(=N/NC(=S)Nc1cccc(C)c1)CC(C)(C)O2. The number of esters is 1. The Morgan fingerprint density at radius 3 is 2.81 bits per heavy atom. The van der Waals surface area contributed by atoms with Crippen LogP contribution in [0.25, 0.3) is 0 Å². The third kappa shape index (κ3) is 6.42. The highest BCUT2D eigenvalue weighted by Gasteiger charge is 2.31. The molecule has 3 rings (SSSR count). The van der Waals surface area contributed by atoms with Crippen LogP contribution in [0.5, 0.6) is 11.5 Å². The van der Waals surface area contributed by atoms with Crippen molar-refractivity contribution >= 4 is 34.7 Å². The number of fused-ring (bicyclic) bond motifs is 1. The lowest BCUT2D eigenvalue weighted by molar-refractivity contribution is -0.145. The maximum absolute atomic E-state index is 11.6. The van der Waals surface area contributed by atoms with Crippen molar-refractivity contribution in [3.63, 3.8) is 0 Å². The van der Waals surface area contributed by atoms with Crippen molar-refractivity contribution in [2.45, 2.75) is 39.7 Å². The Hall–Kier alpha value is -3.13. The molecule has 0 amide bonds. The molecule has 0 fully saturated rings. The molecule has 0 unspecified atom stereocenters. The van der Waals surface area contributed by atoms with E-state index in [0.717, 1.165) is 22.5 Å². The van der Waals surface area contributed by atoms with Gasteiger partial charge in [-0.15, -0.1) is 0 Å². The molecule has 1 aliphatic rings. The van der Waals surface area contributed by atoms with Crippen molar-refractivity contribution in [1.29, 1.82) is 0 Å². The van der Waals surface area contributed by atoms with Crippen LogP contribution in [-0.4, -0.2) is 35.6 Å². The number of hydrazone groups is 1. The molecule has 164 valence electrons. The second-order valence-electron chi connectivity index (χ2n) is 7.78. The Labute approximate surface area is 187 Å². The summed E-state index contributed by atoms with van der Waals surface area (Å²) in [5, 5.41) is 8.06. The van der Waals surface area contributed by atoms with E-state index in [1.807, 2.05) is 51.1 Å². The minimum Gasteiger partial charge on any atom is -0.487 e. The lowest BCUT2D eigenvalue weighted by Gasteiger charge is -2.33. The molecule has 2 N–H and O–H groups in total. The summed E-state index contributed by atoms with van der Waals surface area (Å²) in [5.74, 6) is 0.807. The first-order valence-corrected chi connectivity index (χ1v) is 10.5. The number of carbonyl (C=O) groups is 1. The number of carbonyl (C=O) groups excluding carboxylic acids is 1. The second kappa shape index (κ2) is 9.78. The van der Waals surface area contributed by atoms with Crippen LogP contribution in [0.15, 0.2) is 47.6 Å². The van der Waals surface area contributed by atoms with Crippen LogP contribution in [0.4, 0.5) is 5.69 Å². The number of nitrogens with zero attached hydrogens (tertiary/aromatic N) is 1. The summed E-state index contributed by atoms with van der Waals surface area (Å²) in [5.41, 5.74) is 6.08. The van der Waals surface area contributed by atoms with E-state index in [2.05, 4.69) is 15.8 Å². The maximum atomic E-state index is 11.6. The third-order valence-electron chi connectivity index (χ3n) is 4.47. The van der Waals surface area contributed by atoms with Crippen LogP contribution in [0.2, 0.25) is 0 Å². The third-order valence-corrected chi connectivity index (χ3v) is 4.67. The standard InChI is InChI=1S/C23H27N3O4S/c1-5-28-21(27)14-29-17-9-10-20-18(12-17)19(13-23(3,4)30-20)25-26-22(31)24-16-8-6-7-15(2)11-16/h6-12H,5,13-14H2,1-4H3,(H2,24,26,31)/b25-19+. The number of thiocarbonyl (C=S) groups is 1. The topological polar surface area (TPSA) is 81.2 Å². The zero-order chi connectivity index (χ0) is 22.4. The lowest BCUT2D eigenvalue weighted by Crippen LogP contribution is -2.37. The average molecular weight is 442 g/mol. The van der Waals surface area contributed by atoms with Gasteiger partial charge in [0.2, 0.25) is 0 Å². The fraction of sp³-hybridized carbons (Fsp3) is 0.348. The zero-order valence-corrected chi connectivity index (χ0v) is 19.0. The van der Waals surface area contributed by atoms with E-state index in [9.17, 15) is 4.79 Å². The molecule has 0 atom stereocenters. The van der Waals surface area contributed by atoms with Crippen LogP contribution in [0, 0.1) is 6.92 Å². The number of hydrogen-bond acceptors (Lipinski definition) is 6. The molecule has 0 aliphatic carbocycles. The Morgan fingerprint density at radius 1 is 1.26 bits per heavy atom. The van der Waals surface area contributed by atoms with E-state index in [1.165, 1.54) is 0 Å². The van der Waals surface area contributed by atoms with Crippen molar-refractivity contribution in [3.05, 3.63) is 53.6 Å². The smallest absolute Gasteiger partial charge is 0.344 e. The van der Waals surface area contributed by atoms with Crippen molar-refractivity contribution in [2.24, 2.45) is 5.10 Å². The van der Waals surface area contributed by atoms with Crippen LogP contribution in [0.1, 0.15) is 38.3 Å². The molecular weight excluding hydrogens is 414 g/mol. The number of ether oxygens (including phenoxy) is 3. The molecule has 7 nitrogen and oxygen atoms in total. The van der Waals surface area contributed by atoms with E-state index in [4.69, 9.17) is 26.4 Å². The number of hydrogen-bond donors (Lipinski definition) is 2. The molecular formula is C23H27N3O4S. The summed E-state index contributed by atoms with van der Waals surface area (Å²) in [7, 11) is 0. The van der Waals surface area contributed by atoms with Crippen molar-refractivity contribution < 1.29 is 19.0 Å². The number of rotatable bonds is 6. The summed E-state index contributed by atoms with van der Waals surface area (Å²) in [6, 6.07) is 13.3. The number of benzene rings is 2. The van der Waals surface area contributed by atoms with Crippen LogP contribution >= 0.6 is 12.2 Å². The average Bonchev–Trinajstić information content (AvgIpc) is 2.70. The molecule has 31 heavy (non-hydrogen) atoms. The molecule has 0 saturated heterocycles. The maximum Gasteiger partial charge on any atom is 0.344 e. The van der Waals surface area contributed by atoms with Crippen molar-refractivity contribution in [1.82, 2.24) is 5.43 Å². The molecule has 2 aromatic rings. The van der Waals surface area contributed by atoms with Crippen LogP contribution in [-0.2, 0) is 9.53 Å². The molecule has 0 spiro atoms. The highest BCUT2D eigenvalue weighted by atomic mass is 32.1. The molecule has 0 aromatic heterocycles. The fourth-order valence-corrected chi connectivity index (χ4v) is 3.35. The molecule has 0 saturated carbocycles. The Morgan fingerprint density at radius 2 is 2.06 bits per heavy atom. The van der Waals surface area contributed by atoms with Gasteiger partial charge in [-0.25, -0.2) is 4.79 Å². The van der Waals surface area contributed by atoms with Crippen LogP contribution < -0.4 is 20.2 Å². The first-order chi connectivity index (χ1) is 14.8. The van der Waals surface area contributed by atoms with Gasteiger partial charge >= 0.3 is 5.97 Å². The van der Waals surface area contributed by atoms with E-state index in [-0.39, 0.29) is 6.61 Å². The van der Waals surface area contributed by atoms with Crippen molar-refractivity contribution in [3.8, 4) is 11.5 Å². The summed E-state index contributed by atoms with van der Waals surface area (Å²) < 4.78 is 16.5. The van der Waals surface area contributed by atoms with Gasteiger partial charge < -0.3 is 19.5 Å².